The lowest BCUT2D eigenvalue weighted by Crippen LogP contribution is -2.53. The molecule has 1 saturated heterocycles. The van der Waals surface area contributed by atoms with Crippen molar-refractivity contribution in [1.29, 1.82) is 0 Å². The average Bonchev–Trinajstić information content (AvgIpc) is 3.28. The van der Waals surface area contributed by atoms with Gasteiger partial charge in [0.05, 0.1) is 30.0 Å². The molecule has 1 fully saturated rings. The van der Waals surface area contributed by atoms with Crippen LogP contribution in [0.15, 0.2) is 6.20 Å². The lowest BCUT2D eigenvalue weighted by atomic mass is 10.0. The van der Waals surface area contributed by atoms with Gasteiger partial charge in [-0.1, -0.05) is 31.4 Å². The highest BCUT2D eigenvalue weighted by Crippen LogP contribution is 2.26. The molecule has 1 aliphatic heterocycles. The third kappa shape index (κ3) is 5.49. The van der Waals surface area contributed by atoms with Crippen LogP contribution in [0.4, 0.5) is 0 Å². The van der Waals surface area contributed by atoms with E-state index >= 15 is 0 Å². The summed E-state index contributed by atoms with van der Waals surface area (Å²) in [4.78, 5) is 24.1. The van der Waals surface area contributed by atoms with Gasteiger partial charge in [0, 0.05) is 6.54 Å². The maximum atomic E-state index is 12.7. The molecule has 1 aromatic heterocycles. The molecule has 0 saturated carbocycles. The van der Waals surface area contributed by atoms with E-state index in [0.717, 1.165) is 19.3 Å². The molecular formula is C18H32N6O4. The summed E-state index contributed by atoms with van der Waals surface area (Å²) < 4.78 is 1.64. The van der Waals surface area contributed by atoms with Crippen molar-refractivity contribution < 1.29 is 19.8 Å². The quantitative estimate of drug-likeness (QED) is 0.328. The van der Waals surface area contributed by atoms with E-state index in [1.807, 2.05) is 6.92 Å². The van der Waals surface area contributed by atoms with Gasteiger partial charge in [0.2, 0.25) is 11.8 Å². The summed E-state index contributed by atoms with van der Waals surface area (Å²) in [6.07, 6.45) is 3.73. The molecule has 0 aliphatic carbocycles. The Bertz CT molecular complexity index is 671. The normalized spacial score (nSPS) is 22.0. The molecule has 2 heterocycles. The molecule has 28 heavy (non-hydrogen) atoms. The van der Waals surface area contributed by atoms with Gasteiger partial charge in [0.15, 0.2) is 6.10 Å². The number of aliphatic hydroxyl groups is 2. The number of unbranched alkanes of at least 4 members (excludes halogenated alkanes) is 2. The number of hydrogen-bond donors (Lipinski definition) is 5. The largest absolute Gasteiger partial charge is 0.384 e. The SMILES string of the molecule is CCCCCC(NC(=O)[C@@H]1C[C@H](n2nncc2C(C)(C)O)CN1)C(O)C(N)=O. The molecule has 0 spiro atoms. The topological polar surface area (TPSA) is 155 Å². The summed E-state index contributed by atoms with van der Waals surface area (Å²) in [5.74, 6) is -1.15. The van der Waals surface area contributed by atoms with Crippen LogP contribution in [0.25, 0.3) is 0 Å². The molecule has 2 rings (SSSR count). The first-order valence-electron chi connectivity index (χ1n) is 9.79. The summed E-state index contributed by atoms with van der Waals surface area (Å²) >= 11 is 0. The Kier molecular flexibility index (Phi) is 7.50. The van der Waals surface area contributed by atoms with E-state index in [1.54, 1.807) is 18.5 Å². The Labute approximate surface area is 164 Å². The predicted octanol–water partition coefficient (Wildman–Crippen LogP) is -0.680. The van der Waals surface area contributed by atoms with Crippen LogP contribution < -0.4 is 16.4 Å². The number of nitrogens with one attached hydrogen (secondary N) is 2. The third-order valence-corrected chi connectivity index (χ3v) is 5.09. The number of carbonyl (C=O) groups excluding carboxylic acids is 2. The minimum atomic E-state index is -1.42. The van der Waals surface area contributed by atoms with Crippen molar-refractivity contribution in [2.24, 2.45) is 5.73 Å². The van der Waals surface area contributed by atoms with Crippen LogP contribution in [0.1, 0.15) is 64.6 Å². The van der Waals surface area contributed by atoms with Crippen LogP contribution in [-0.4, -0.2) is 61.8 Å². The van der Waals surface area contributed by atoms with E-state index in [4.69, 9.17) is 5.73 Å². The van der Waals surface area contributed by atoms with E-state index in [2.05, 4.69) is 20.9 Å². The molecular weight excluding hydrogens is 364 g/mol. The highest BCUT2D eigenvalue weighted by atomic mass is 16.3. The van der Waals surface area contributed by atoms with Gasteiger partial charge in [0.25, 0.3) is 0 Å². The summed E-state index contributed by atoms with van der Waals surface area (Å²) in [5, 5.41) is 34.1. The molecule has 158 valence electrons. The smallest absolute Gasteiger partial charge is 0.248 e. The van der Waals surface area contributed by atoms with Crippen LogP contribution in [0.2, 0.25) is 0 Å². The number of aromatic nitrogens is 3. The standard InChI is InChI=1S/C18H32N6O4/c1-4-5-6-7-12(15(25)16(19)26)22-17(27)13-8-11(9-20-13)24-14(10-21-23-24)18(2,3)28/h10-13,15,20,25,28H,4-9H2,1-3H3,(H2,19,26)(H,22,27)/t11-,12?,13-,15?/m0/s1. The van der Waals surface area contributed by atoms with Gasteiger partial charge in [-0.2, -0.15) is 0 Å². The van der Waals surface area contributed by atoms with E-state index in [9.17, 15) is 19.8 Å². The lowest BCUT2D eigenvalue weighted by Gasteiger charge is -2.24. The van der Waals surface area contributed by atoms with E-state index in [0.29, 0.717) is 25.1 Å². The molecule has 0 aromatic carbocycles. The number of rotatable bonds is 10. The molecule has 10 heteroatoms. The van der Waals surface area contributed by atoms with Gasteiger partial charge in [0.1, 0.15) is 5.60 Å². The Balaban J connectivity index is 2.00. The van der Waals surface area contributed by atoms with Crippen molar-refractivity contribution in [2.75, 3.05) is 6.54 Å². The Morgan fingerprint density at radius 1 is 1.46 bits per heavy atom. The zero-order valence-electron chi connectivity index (χ0n) is 16.8. The first-order valence-corrected chi connectivity index (χ1v) is 9.79. The van der Waals surface area contributed by atoms with Gasteiger partial charge in [-0.25, -0.2) is 4.68 Å². The monoisotopic (exact) mass is 396 g/mol. The number of aliphatic hydroxyl groups excluding tert-OH is 1. The summed E-state index contributed by atoms with van der Waals surface area (Å²) in [5.41, 5.74) is 4.69. The second kappa shape index (κ2) is 9.44. The van der Waals surface area contributed by atoms with Gasteiger partial charge in [-0.3, -0.25) is 9.59 Å². The van der Waals surface area contributed by atoms with Crippen LogP contribution in [0, 0.1) is 0 Å². The Morgan fingerprint density at radius 3 is 2.79 bits per heavy atom. The number of nitrogens with zero attached hydrogens (tertiary/aromatic N) is 3. The highest BCUT2D eigenvalue weighted by Gasteiger charge is 2.36. The van der Waals surface area contributed by atoms with Gasteiger partial charge in [-0.15, -0.1) is 5.10 Å². The number of amides is 2. The maximum Gasteiger partial charge on any atom is 0.248 e. The highest BCUT2D eigenvalue weighted by molar-refractivity contribution is 5.84. The minimum absolute atomic E-state index is 0.140. The molecule has 1 aliphatic rings. The molecule has 0 radical (unpaired) electrons. The van der Waals surface area contributed by atoms with Gasteiger partial charge < -0.3 is 26.6 Å². The fraction of sp³-hybridized carbons (Fsp3) is 0.778. The minimum Gasteiger partial charge on any atom is -0.384 e. The first-order chi connectivity index (χ1) is 13.1. The molecule has 6 N–H and O–H groups in total. The Morgan fingerprint density at radius 2 is 2.18 bits per heavy atom. The van der Waals surface area contributed by atoms with Crippen molar-refractivity contribution in [3.63, 3.8) is 0 Å². The third-order valence-electron chi connectivity index (χ3n) is 5.09. The molecule has 1 aromatic rings. The number of nitrogens with two attached hydrogens (primary N) is 1. The lowest BCUT2D eigenvalue weighted by molar-refractivity contribution is -0.130. The van der Waals surface area contributed by atoms with E-state index < -0.39 is 29.7 Å². The van der Waals surface area contributed by atoms with Crippen LogP contribution in [0.3, 0.4) is 0 Å². The molecule has 4 atom stereocenters. The predicted molar refractivity (Wildman–Crippen MR) is 102 cm³/mol. The fourth-order valence-electron chi connectivity index (χ4n) is 3.46. The van der Waals surface area contributed by atoms with Gasteiger partial charge in [-0.05, 0) is 26.7 Å². The maximum absolute atomic E-state index is 12.7. The van der Waals surface area contributed by atoms with E-state index in [1.165, 1.54) is 6.20 Å². The van der Waals surface area contributed by atoms with Gasteiger partial charge >= 0.3 is 0 Å². The zero-order valence-corrected chi connectivity index (χ0v) is 16.8. The van der Waals surface area contributed by atoms with E-state index in [-0.39, 0.29) is 11.9 Å². The van der Waals surface area contributed by atoms with Crippen molar-refractivity contribution >= 4 is 11.8 Å². The molecule has 0 bridgehead atoms. The summed E-state index contributed by atoms with van der Waals surface area (Å²) in [6.45, 7) is 5.85. The molecule has 10 nitrogen and oxygen atoms in total. The van der Waals surface area contributed by atoms with Crippen molar-refractivity contribution in [1.82, 2.24) is 25.6 Å². The number of hydrogen-bond acceptors (Lipinski definition) is 7. The second-order valence-corrected chi connectivity index (χ2v) is 7.93. The number of carbonyl (C=O) groups is 2. The van der Waals surface area contributed by atoms with Crippen molar-refractivity contribution in [3.8, 4) is 0 Å². The second-order valence-electron chi connectivity index (χ2n) is 7.93. The number of primary amides is 1. The van der Waals surface area contributed by atoms with Crippen LogP contribution in [-0.2, 0) is 15.2 Å². The Hall–Kier alpha value is -2.04. The van der Waals surface area contributed by atoms with Crippen LogP contribution >= 0.6 is 0 Å². The fourth-order valence-corrected chi connectivity index (χ4v) is 3.46. The summed E-state index contributed by atoms with van der Waals surface area (Å²) in [7, 11) is 0. The summed E-state index contributed by atoms with van der Waals surface area (Å²) in [6, 6.07) is -1.35. The zero-order chi connectivity index (χ0) is 20.9. The molecule has 2 amide bonds. The molecule has 2 unspecified atom stereocenters. The van der Waals surface area contributed by atoms with Crippen molar-refractivity contribution in [3.05, 3.63) is 11.9 Å². The average molecular weight is 396 g/mol. The van der Waals surface area contributed by atoms with Crippen molar-refractivity contribution in [2.45, 2.75) is 82.7 Å². The first kappa shape index (κ1) is 22.3. The van der Waals surface area contributed by atoms with Crippen LogP contribution in [0.5, 0.6) is 0 Å².